The van der Waals surface area contributed by atoms with E-state index in [4.69, 9.17) is 14.6 Å². The second-order valence-corrected chi connectivity index (χ2v) is 5.69. The van der Waals surface area contributed by atoms with Gasteiger partial charge < -0.3 is 14.6 Å². The van der Waals surface area contributed by atoms with Crippen molar-refractivity contribution in [1.29, 1.82) is 0 Å². The normalized spacial score (nSPS) is 18.2. The topological polar surface area (TPSA) is 71.9 Å². The Morgan fingerprint density at radius 1 is 1.33 bits per heavy atom. The van der Waals surface area contributed by atoms with E-state index < -0.39 is 12.1 Å². The Bertz CT molecular complexity index is 678. The summed E-state index contributed by atoms with van der Waals surface area (Å²) in [5.74, 6) is -0.131. The van der Waals surface area contributed by atoms with Crippen LogP contribution < -0.4 is 4.74 Å². The Morgan fingerprint density at radius 3 is 3.04 bits per heavy atom. The summed E-state index contributed by atoms with van der Waals surface area (Å²) in [7, 11) is 0. The minimum atomic E-state index is -0.910. The van der Waals surface area contributed by atoms with Crippen molar-refractivity contribution in [3.8, 4) is 5.75 Å². The number of morpholine rings is 1. The number of aliphatic carboxylic acids is 1. The van der Waals surface area contributed by atoms with E-state index in [1.165, 1.54) is 0 Å². The minimum absolute atomic E-state index is 0.397. The third-order valence-corrected chi connectivity index (χ3v) is 3.84. The molecule has 1 saturated heterocycles. The average molecular weight is 328 g/mol. The number of hydrogen-bond donors (Lipinski definition) is 1. The largest absolute Gasteiger partial charge is 0.487 e. The van der Waals surface area contributed by atoms with E-state index in [1.807, 2.05) is 42.5 Å². The number of carbonyl (C=O) groups is 1. The second-order valence-electron chi connectivity index (χ2n) is 5.69. The fraction of sp³-hybridized carbons (Fsp3) is 0.333. The van der Waals surface area contributed by atoms with Gasteiger partial charge in [0, 0.05) is 25.8 Å². The molecule has 2 heterocycles. The van der Waals surface area contributed by atoms with Gasteiger partial charge in [0.1, 0.15) is 12.4 Å². The highest BCUT2D eigenvalue weighted by molar-refractivity contribution is 5.72. The van der Waals surface area contributed by atoms with Crippen molar-refractivity contribution in [2.75, 3.05) is 19.7 Å². The van der Waals surface area contributed by atoms with Gasteiger partial charge in [0.2, 0.25) is 0 Å². The van der Waals surface area contributed by atoms with Crippen LogP contribution in [0.2, 0.25) is 0 Å². The van der Waals surface area contributed by atoms with Gasteiger partial charge >= 0.3 is 5.97 Å². The quantitative estimate of drug-likeness (QED) is 0.874. The number of rotatable bonds is 6. The molecule has 3 rings (SSSR count). The number of carboxylic acid groups (broad SMARTS) is 1. The van der Waals surface area contributed by atoms with E-state index in [9.17, 15) is 4.79 Å². The molecule has 1 unspecified atom stereocenters. The molecule has 1 aromatic carbocycles. The summed E-state index contributed by atoms with van der Waals surface area (Å²) in [6, 6.07) is 13.6. The number of hydrogen-bond acceptors (Lipinski definition) is 5. The van der Waals surface area contributed by atoms with Crippen LogP contribution in [0.5, 0.6) is 5.75 Å². The Morgan fingerprint density at radius 2 is 2.25 bits per heavy atom. The number of carboxylic acids is 1. The molecule has 1 fully saturated rings. The number of pyridine rings is 1. The van der Waals surface area contributed by atoms with Crippen molar-refractivity contribution in [2.24, 2.45) is 0 Å². The van der Waals surface area contributed by atoms with Gasteiger partial charge in [-0.2, -0.15) is 0 Å². The molecule has 126 valence electrons. The highest BCUT2D eigenvalue weighted by Crippen LogP contribution is 2.17. The van der Waals surface area contributed by atoms with Gasteiger partial charge in [-0.25, -0.2) is 4.79 Å². The van der Waals surface area contributed by atoms with Gasteiger partial charge in [-0.15, -0.1) is 0 Å². The molecular weight excluding hydrogens is 308 g/mol. The summed E-state index contributed by atoms with van der Waals surface area (Å²) >= 11 is 0. The lowest BCUT2D eigenvalue weighted by atomic mass is 10.1. The van der Waals surface area contributed by atoms with Crippen molar-refractivity contribution in [2.45, 2.75) is 19.3 Å². The molecule has 24 heavy (non-hydrogen) atoms. The molecule has 2 aromatic rings. The minimum Gasteiger partial charge on any atom is -0.487 e. The number of benzene rings is 1. The van der Waals surface area contributed by atoms with Gasteiger partial charge in [0.05, 0.1) is 12.3 Å². The predicted octanol–water partition coefficient (Wildman–Crippen LogP) is 1.95. The Balaban J connectivity index is 1.58. The first-order valence-corrected chi connectivity index (χ1v) is 7.89. The lowest BCUT2D eigenvalue weighted by molar-refractivity contribution is -0.156. The molecule has 6 nitrogen and oxygen atoms in total. The predicted molar refractivity (Wildman–Crippen MR) is 87.7 cm³/mol. The smallest absolute Gasteiger partial charge is 0.334 e. The maximum Gasteiger partial charge on any atom is 0.334 e. The summed E-state index contributed by atoms with van der Waals surface area (Å²) in [4.78, 5) is 17.4. The average Bonchev–Trinajstić information content (AvgIpc) is 2.61. The molecule has 0 amide bonds. The zero-order chi connectivity index (χ0) is 16.8. The van der Waals surface area contributed by atoms with Crippen LogP contribution in [0.1, 0.15) is 11.3 Å². The standard InChI is InChI=1S/C18H20N2O4/c21-18(22)17-12-20(8-9-23-17)11-14-4-3-6-16(10-14)24-13-15-5-1-2-7-19-15/h1-7,10,17H,8-9,11-13H2,(H,21,22). The molecule has 1 aliphatic heterocycles. The SMILES string of the molecule is O=C(O)C1CN(Cc2cccc(OCc3ccccn3)c2)CCO1. The number of aromatic nitrogens is 1. The van der Waals surface area contributed by atoms with Gasteiger partial charge in [-0.05, 0) is 29.8 Å². The third-order valence-electron chi connectivity index (χ3n) is 3.84. The second kappa shape index (κ2) is 7.90. The van der Waals surface area contributed by atoms with Crippen LogP contribution in [0.25, 0.3) is 0 Å². The van der Waals surface area contributed by atoms with Gasteiger partial charge in [0.25, 0.3) is 0 Å². The van der Waals surface area contributed by atoms with E-state index in [1.54, 1.807) is 6.20 Å². The molecule has 1 aromatic heterocycles. The van der Waals surface area contributed by atoms with Crippen LogP contribution >= 0.6 is 0 Å². The van der Waals surface area contributed by atoms with Crippen molar-refractivity contribution < 1.29 is 19.4 Å². The van der Waals surface area contributed by atoms with Gasteiger partial charge in [0.15, 0.2) is 6.10 Å². The summed E-state index contributed by atoms with van der Waals surface area (Å²) in [5.41, 5.74) is 1.96. The van der Waals surface area contributed by atoms with E-state index in [-0.39, 0.29) is 0 Å². The molecule has 0 radical (unpaired) electrons. The Kier molecular flexibility index (Phi) is 5.40. The van der Waals surface area contributed by atoms with E-state index in [0.717, 1.165) is 23.6 Å². The maximum absolute atomic E-state index is 11.0. The third kappa shape index (κ3) is 4.53. The fourth-order valence-electron chi connectivity index (χ4n) is 2.63. The van der Waals surface area contributed by atoms with Crippen LogP contribution in [-0.2, 0) is 22.7 Å². The highest BCUT2D eigenvalue weighted by atomic mass is 16.5. The molecule has 6 heteroatoms. The van der Waals surface area contributed by atoms with Crippen LogP contribution in [0.4, 0.5) is 0 Å². The first kappa shape index (κ1) is 16.4. The van der Waals surface area contributed by atoms with E-state index >= 15 is 0 Å². The van der Waals surface area contributed by atoms with Crippen molar-refractivity contribution in [3.05, 3.63) is 59.9 Å². The zero-order valence-electron chi connectivity index (χ0n) is 13.3. The molecular formula is C18H20N2O4. The van der Waals surface area contributed by atoms with Gasteiger partial charge in [-0.1, -0.05) is 18.2 Å². The Labute approximate surface area is 140 Å². The van der Waals surface area contributed by atoms with Crippen LogP contribution in [0, 0.1) is 0 Å². The molecule has 0 aliphatic carbocycles. The van der Waals surface area contributed by atoms with Crippen molar-refractivity contribution in [3.63, 3.8) is 0 Å². The van der Waals surface area contributed by atoms with Gasteiger partial charge in [-0.3, -0.25) is 9.88 Å². The summed E-state index contributed by atoms with van der Waals surface area (Å²) in [6.45, 7) is 2.65. The van der Waals surface area contributed by atoms with Crippen molar-refractivity contribution in [1.82, 2.24) is 9.88 Å². The van der Waals surface area contributed by atoms with E-state index in [0.29, 0.717) is 26.3 Å². The fourth-order valence-corrected chi connectivity index (χ4v) is 2.63. The summed E-state index contributed by atoms with van der Waals surface area (Å²) < 4.78 is 11.0. The molecule has 0 spiro atoms. The number of ether oxygens (including phenoxy) is 2. The lowest BCUT2D eigenvalue weighted by Crippen LogP contribution is -2.45. The zero-order valence-corrected chi connectivity index (χ0v) is 13.3. The summed E-state index contributed by atoms with van der Waals surface area (Å²) in [6.07, 6.45) is 0.995. The van der Waals surface area contributed by atoms with Crippen LogP contribution in [0.3, 0.4) is 0 Å². The van der Waals surface area contributed by atoms with Crippen molar-refractivity contribution >= 4 is 5.97 Å². The van der Waals surface area contributed by atoms with E-state index in [2.05, 4.69) is 9.88 Å². The van der Waals surface area contributed by atoms with Crippen LogP contribution in [0.15, 0.2) is 48.7 Å². The maximum atomic E-state index is 11.0. The summed E-state index contributed by atoms with van der Waals surface area (Å²) in [5, 5.41) is 9.07. The number of nitrogens with zero attached hydrogens (tertiary/aromatic N) is 2. The first-order valence-electron chi connectivity index (χ1n) is 7.89. The molecule has 1 N–H and O–H groups in total. The molecule has 0 bridgehead atoms. The first-order chi connectivity index (χ1) is 11.7. The van der Waals surface area contributed by atoms with Crippen LogP contribution in [-0.4, -0.2) is 46.8 Å². The Hall–Kier alpha value is -2.44. The molecule has 0 saturated carbocycles. The lowest BCUT2D eigenvalue weighted by Gasteiger charge is -2.30. The highest BCUT2D eigenvalue weighted by Gasteiger charge is 2.26. The molecule has 1 aliphatic rings. The molecule has 1 atom stereocenters. The monoisotopic (exact) mass is 328 g/mol.